The molecule has 0 saturated heterocycles. The predicted molar refractivity (Wildman–Crippen MR) is 118 cm³/mol. The molecule has 0 N–H and O–H groups in total. The van der Waals surface area contributed by atoms with Crippen molar-refractivity contribution in [2.45, 2.75) is 84.2 Å². The minimum absolute atomic E-state index is 0.211. The van der Waals surface area contributed by atoms with Gasteiger partial charge in [-0.05, 0) is 50.6 Å². The van der Waals surface area contributed by atoms with Gasteiger partial charge in [0.05, 0.1) is 12.7 Å². The lowest BCUT2D eigenvalue weighted by Crippen LogP contribution is -2.05. The van der Waals surface area contributed by atoms with E-state index in [1.165, 1.54) is 69.3 Å². The van der Waals surface area contributed by atoms with Crippen LogP contribution in [0.5, 0.6) is 0 Å². The van der Waals surface area contributed by atoms with Crippen molar-refractivity contribution in [3.05, 3.63) is 35.6 Å². The maximum absolute atomic E-state index is 13.0. The normalized spacial score (nSPS) is 10.8. The van der Waals surface area contributed by atoms with Crippen molar-refractivity contribution in [1.29, 1.82) is 0 Å². The first-order valence-electron chi connectivity index (χ1n) is 10.6. The third-order valence-electron chi connectivity index (χ3n) is 4.33. The van der Waals surface area contributed by atoms with Gasteiger partial charge in [-0.25, -0.2) is 4.39 Å². The highest BCUT2D eigenvalue weighted by Crippen LogP contribution is 2.12. The minimum Gasteiger partial charge on any atom is -0.378 e. The molecule has 0 fully saturated rings. The standard InChI is InChI=1S/C24H37FOS/c1-22(2)26-18-20-27-19-13-11-9-7-5-3-4-6-8-10-12-15-23-16-14-17-24(25)21-23/h14,16-17,21-22H,3-11,13,18-20H2,1-2H3. The molecule has 1 nitrogen and oxygen atoms in total. The molecule has 1 aromatic carbocycles. The molecular formula is C24H37FOS. The van der Waals surface area contributed by atoms with E-state index in [0.717, 1.165) is 30.8 Å². The van der Waals surface area contributed by atoms with Gasteiger partial charge in [0.2, 0.25) is 0 Å². The zero-order chi connectivity index (χ0) is 19.6. The Morgan fingerprint density at radius 2 is 1.59 bits per heavy atom. The lowest BCUT2D eigenvalue weighted by Gasteiger charge is -2.06. The number of unbranched alkanes of at least 4 members (excludes halogenated alkanes) is 9. The van der Waals surface area contributed by atoms with Crippen LogP contribution in [0.2, 0.25) is 0 Å². The fraction of sp³-hybridized carbons (Fsp3) is 0.667. The van der Waals surface area contributed by atoms with Crippen molar-refractivity contribution in [2.24, 2.45) is 0 Å². The van der Waals surface area contributed by atoms with E-state index >= 15 is 0 Å². The molecule has 0 unspecified atom stereocenters. The summed E-state index contributed by atoms with van der Waals surface area (Å²) in [6.07, 6.45) is 13.2. The topological polar surface area (TPSA) is 9.23 Å². The fourth-order valence-electron chi connectivity index (χ4n) is 2.83. The minimum atomic E-state index is -0.211. The second kappa shape index (κ2) is 17.1. The van der Waals surface area contributed by atoms with E-state index in [4.69, 9.17) is 4.74 Å². The molecule has 0 heterocycles. The SMILES string of the molecule is CC(C)OCCSCCCCCCCCCCCC#Cc1cccc(F)c1. The van der Waals surface area contributed by atoms with Gasteiger partial charge >= 0.3 is 0 Å². The van der Waals surface area contributed by atoms with Crippen molar-refractivity contribution in [1.82, 2.24) is 0 Å². The van der Waals surface area contributed by atoms with Gasteiger partial charge in [0.25, 0.3) is 0 Å². The number of hydrogen-bond donors (Lipinski definition) is 0. The second-order valence-corrected chi connectivity index (χ2v) is 8.50. The second-order valence-electron chi connectivity index (χ2n) is 7.28. The summed E-state index contributed by atoms with van der Waals surface area (Å²) in [5.41, 5.74) is 0.775. The number of rotatable bonds is 15. The van der Waals surface area contributed by atoms with Crippen LogP contribution in [0.3, 0.4) is 0 Å². The van der Waals surface area contributed by atoms with Crippen LogP contribution in [-0.2, 0) is 4.74 Å². The zero-order valence-electron chi connectivity index (χ0n) is 17.3. The van der Waals surface area contributed by atoms with E-state index in [2.05, 4.69) is 25.7 Å². The molecule has 0 aliphatic rings. The quantitative estimate of drug-likeness (QED) is 0.230. The smallest absolute Gasteiger partial charge is 0.124 e. The molecule has 0 saturated carbocycles. The largest absolute Gasteiger partial charge is 0.378 e. The Kier molecular flexibility index (Phi) is 15.3. The van der Waals surface area contributed by atoms with Crippen LogP contribution in [0, 0.1) is 17.7 Å². The first-order chi connectivity index (χ1) is 13.2. The molecule has 0 aromatic heterocycles. The molecule has 0 aliphatic carbocycles. The van der Waals surface area contributed by atoms with Crippen LogP contribution < -0.4 is 0 Å². The summed E-state index contributed by atoms with van der Waals surface area (Å²) in [6, 6.07) is 6.51. The van der Waals surface area contributed by atoms with Crippen molar-refractivity contribution >= 4 is 11.8 Å². The van der Waals surface area contributed by atoms with Crippen LogP contribution in [-0.4, -0.2) is 24.2 Å². The Morgan fingerprint density at radius 1 is 0.926 bits per heavy atom. The lowest BCUT2D eigenvalue weighted by atomic mass is 10.1. The maximum atomic E-state index is 13.0. The molecule has 0 spiro atoms. The molecule has 1 rings (SSSR count). The van der Waals surface area contributed by atoms with Gasteiger partial charge in [0.15, 0.2) is 0 Å². The number of hydrogen-bond acceptors (Lipinski definition) is 2. The Hall–Kier alpha value is -0.980. The molecule has 0 atom stereocenters. The zero-order valence-corrected chi connectivity index (χ0v) is 18.1. The average Bonchev–Trinajstić information content (AvgIpc) is 2.64. The number of thioether (sulfide) groups is 1. The van der Waals surface area contributed by atoms with Gasteiger partial charge in [-0.2, -0.15) is 11.8 Å². The summed E-state index contributed by atoms with van der Waals surface area (Å²) < 4.78 is 18.6. The summed E-state index contributed by atoms with van der Waals surface area (Å²) in [6.45, 7) is 5.07. The molecule has 1 aromatic rings. The van der Waals surface area contributed by atoms with E-state index < -0.39 is 0 Å². The lowest BCUT2D eigenvalue weighted by molar-refractivity contribution is 0.0920. The maximum Gasteiger partial charge on any atom is 0.124 e. The first-order valence-corrected chi connectivity index (χ1v) is 11.8. The highest BCUT2D eigenvalue weighted by atomic mass is 32.2. The van der Waals surface area contributed by atoms with E-state index in [9.17, 15) is 4.39 Å². The highest BCUT2D eigenvalue weighted by molar-refractivity contribution is 7.99. The van der Waals surface area contributed by atoms with Gasteiger partial charge in [-0.3, -0.25) is 0 Å². The third-order valence-corrected chi connectivity index (χ3v) is 5.36. The van der Waals surface area contributed by atoms with Gasteiger partial charge in [-0.15, -0.1) is 0 Å². The van der Waals surface area contributed by atoms with Crippen LogP contribution in [0.25, 0.3) is 0 Å². The summed E-state index contributed by atoms with van der Waals surface area (Å²) >= 11 is 2.02. The summed E-state index contributed by atoms with van der Waals surface area (Å²) in [5.74, 6) is 8.38. The molecule has 0 bridgehead atoms. The van der Waals surface area contributed by atoms with Crippen molar-refractivity contribution in [3.63, 3.8) is 0 Å². The Bertz CT molecular complexity index is 533. The van der Waals surface area contributed by atoms with Crippen molar-refractivity contribution in [2.75, 3.05) is 18.1 Å². The fourth-order valence-corrected chi connectivity index (χ4v) is 3.66. The number of ether oxygens (including phenoxy) is 1. The predicted octanol–water partition coefficient (Wildman–Crippen LogP) is 7.24. The molecule has 152 valence electrons. The first kappa shape index (κ1) is 24.1. The van der Waals surface area contributed by atoms with Crippen LogP contribution in [0.4, 0.5) is 4.39 Å². The Labute approximate surface area is 170 Å². The number of benzene rings is 1. The highest BCUT2D eigenvalue weighted by Gasteiger charge is 1.95. The average molecular weight is 393 g/mol. The third kappa shape index (κ3) is 15.7. The van der Waals surface area contributed by atoms with Crippen LogP contribution >= 0.6 is 11.8 Å². The molecule has 3 heteroatoms. The molecule has 0 radical (unpaired) electrons. The van der Waals surface area contributed by atoms with Gasteiger partial charge in [-0.1, -0.05) is 62.9 Å². The van der Waals surface area contributed by atoms with Gasteiger partial charge in [0.1, 0.15) is 5.82 Å². The van der Waals surface area contributed by atoms with E-state index in [1.54, 1.807) is 6.07 Å². The van der Waals surface area contributed by atoms with E-state index in [-0.39, 0.29) is 5.82 Å². The van der Waals surface area contributed by atoms with E-state index in [0.29, 0.717) is 6.10 Å². The van der Waals surface area contributed by atoms with Gasteiger partial charge < -0.3 is 4.74 Å². The number of halogens is 1. The van der Waals surface area contributed by atoms with E-state index in [1.807, 2.05) is 17.8 Å². The molecule has 0 amide bonds. The van der Waals surface area contributed by atoms with Crippen molar-refractivity contribution < 1.29 is 9.13 Å². The Balaban J connectivity index is 1.79. The monoisotopic (exact) mass is 392 g/mol. The summed E-state index contributed by atoms with van der Waals surface area (Å²) in [7, 11) is 0. The summed E-state index contributed by atoms with van der Waals surface area (Å²) in [5, 5.41) is 0. The van der Waals surface area contributed by atoms with Crippen molar-refractivity contribution in [3.8, 4) is 11.8 Å². The summed E-state index contributed by atoms with van der Waals surface area (Å²) in [4.78, 5) is 0. The molecule has 0 aliphatic heterocycles. The Morgan fingerprint density at radius 3 is 2.26 bits per heavy atom. The van der Waals surface area contributed by atoms with Crippen LogP contribution in [0.1, 0.15) is 83.6 Å². The molecular weight excluding hydrogens is 355 g/mol. The molecule has 27 heavy (non-hydrogen) atoms. The van der Waals surface area contributed by atoms with Gasteiger partial charge in [0, 0.05) is 17.7 Å². The van der Waals surface area contributed by atoms with Crippen LogP contribution in [0.15, 0.2) is 24.3 Å².